The normalized spacial score (nSPS) is 12.7. The molecule has 0 fully saturated rings. The van der Waals surface area contributed by atoms with Gasteiger partial charge in [-0.3, -0.25) is 4.79 Å². The van der Waals surface area contributed by atoms with Crippen LogP contribution in [-0.2, 0) is 13.1 Å². The van der Waals surface area contributed by atoms with Gasteiger partial charge in [-0.25, -0.2) is 0 Å². The molecule has 0 saturated heterocycles. The number of para-hydroxylation sites is 1. The molecule has 1 aromatic heterocycles. The number of carbonyl (C=O) groups is 1. The highest BCUT2D eigenvalue weighted by atomic mass is 35.5. The number of nitrogens with zero attached hydrogens (tertiary/aromatic N) is 4. The van der Waals surface area contributed by atoms with E-state index < -0.39 is 0 Å². The van der Waals surface area contributed by atoms with Gasteiger partial charge in [0.2, 0.25) is 0 Å². The lowest BCUT2D eigenvalue weighted by Crippen LogP contribution is -2.30. The molecule has 2 heterocycles. The number of carbonyl (C=O) groups excluding carboxylic acids is 1. The summed E-state index contributed by atoms with van der Waals surface area (Å²) >= 11 is 6.61. The van der Waals surface area contributed by atoms with Crippen LogP contribution in [0, 0.1) is 0 Å². The average Bonchev–Trinajstić information content (AvgIpc) is 3.31. The highest BCUT2D eigenvalue weighted by Gasteiger charge is 2.26. The molecule has 6 rings (SSSR count). The second-order valence-corrected chi connectivity index (χ2v) is 9.33. The van der Waals surface area contributed by atoms with E-state index in [1.807, 2.05) is 79.0 Å². The quantitative estimate of drug-likeness (QED) is 0.227. The second-order valence-electron chi connectivity index (χ2n) is 8.92. The fourth-order valence-electron chi connectivity index (χ4n) is 4.62. The molecule has 5 aromatic rings. The molecule has 0 bridgehead atoms. The molecule has 0 aliphatic carbocycles. The van der Waals surface area contributed by atoms with Crippen LogP contribution in [0.2, 0.25) is 5.02 Å². The monoisotopic (exact) mass is 502 g/mol. The molecule has 180 valence electrons. The Hall–Kier alpha value is -4.48. The number of fused-ring (bicyclic) bond motifs is 2. The fourth-order valence-corrected chi connectivity index (χ4v) is 4.87. The largest absolute Gasteiger partial charge is 0.345 e. The van der Waals surface area contributed by atoms with E-state index in [-0.39, 0.29) is 5.91 Å². The maximum Gasteiger partial charge on any atom is 0.260 e. The van der Waals surface area contributed by atoms with Crippen LogP contribution in [0.5, 0.6) is 0 Å². The Bertz CT molecular complexity index is 1610. The molecule has 4 aromatic carbocycles. The molecule has 0 atom stereocenters. The summed E-state index contributed by atoms with van der Waals surface area (Å²) in [5.41, 5.74) is 7.08. The standard InChI is InChI=1S/C31H23ClN4O/c32-29-19-26(34-33-25-14-12-23(13-15-25)22-7-2-1-3-8-22)16-17-28(29)31(37)36-21-27-10-6-18-35(27)20-24-9-4-5-11-30(24)36/h1-19H,20-21H2. The summed E-state index contributed by atoms with van der Waals surface area (Å²) < 4.78 is 2.17. The van der Waals surface area contributed by atoms with Crippen molar-refractivity contribution in [1.82, 2.24) is 4.57 Å². The summed E-state index contributed by atoms with van der Waals surface area (Å²) in [6.07, 6.45) is 2.04. The van der Waals surface area contributed by atoms with Crippen molar-refractivity contribution < 1.29 is 4.79 Å². The zero-order valence-corrected chi connectivity index (χ0v) is 20.7. The van der Waals surface area contributed by atoms with E-state index >= 15 is 0 Å². The molecule has 6 heteroatoms. The first-order chi connectivity index (χ1) is 18.2. The van der Waals surface area contributed by atoms with Gasteiger partial charge in [-0.2, -0.15) is 10.2 Å². The van der Waals surface area contributed by atoms with Crippen LogP contribution in [0.25, 0.3) is 11.1 Å². The van der Waals surface area contributed by atoms with Crippen LogP contribution in [0.1, 0.15) is 21.6 Å². The van der Waals surface area contributed by atoms with Gasteiger partial charge in [-0.15, -0.1) is 0 Å². The van der Waals surface area contributed by atoms with E-state index in [1.54, 1.807) is 23.1 Å². The van der Waals surface area contributed by atoms with Crippen molar-refractivity contribution in [2.75, 3.05) is 4.90 Å². The van der Waals surface area contributed by atoms with E-state index in [4.69, 9.17) is 11.6 Å². The highest BCUT2D eigenvalue weighted by Crippen LogP contribution is 2.32. The third-order valence-corrected chi connectivity index (χ3v) is 6.86. The smallest absolute Gasteiger partial charge is 0.260 e. The van der Waals surface area contributed by atoms with Gasteiger partial charge in [0.1, 0.15) is 0 Å². The second kappa shape index (κ2) is 9.88. The van der Waals surface area contributed by atoms with Crippen LogP contribution in [0.4, 0.5) is 17.1 Å². The van der Waals surface area contributed by atoms with Gasteiger partial charge < -0.3 is 9.47 Å². The van der Waals surface area contributed by atoms with E-state index in [1.165, 1.54) is 0 Å². The van der Waals surface area contributed by atoms with Crippen LogP contribution < -0.4 is 4.90 Å². The Morgan fingerprint density at radius 3 is 2.22 bits per heavy atom. The Labute approximate surface area is 220 Å². The molecular formula is C31H23ClN4O. The van der Waals surface area contributed by atoms with Gasteiger partial charge in [-0.1, -0.05) is 72.3 Å². The summed E-state index contributed by atoms with van der Waals surface area (Å²) in [6.45, 7) is 1.20. The van der Waals surface area contributed by atoms with E-state index in [9.17, 15) is 4.79 Å². The number of hydrogen-bond acceptors (Lipinski definition) is 3. The fraction of sp³-hybridized carbons (Fsp3) is 0.0645. The van der Waals surface area contributed by atoms with Crippen LogP contribution in [-0.4, -0.2) is 10.5 Å². The lowest BCUT2D eigenvalue weighted by Gasteiger charge is -2.23. The summed E-state index contributed by atoms with van der Waals surface area (Å²) in [5, 5.41) is 9.03. The lowest BCUT2D eigenvalue weighted by atomic mass is 10.1. The van der Waals surface area contributed by atoms with Gasteiger partial charge in [0, 0.05) is 24.1 Å². The molecular weight excluding hydrogens is 480 g/mol. The molecule has 1 aliphatic heterocycles. The third kappa shape index (κ3) is 4.69. The van der Waals surface area contributed by atoms with Crippen molar-refractivity contribution in [3.8, 4) is 11.1 Å². The van der Waals surface area contributed by atoms with Crippen molar-refractivity contribution in [3.05, 3.63) is 137 Å². The maximum atomic E-state index is 13.7. The van der Waals surface area contributed by atoms with Gasteiger partial charge in [0.25, 0.3) is 5.91 Å². The number of azo groups is 1. The predicted molar refractivity (Wildman–Crippen MR) is 148 cm³/mol. The van der Waals surface area contributed by atoms with Crippen molar-refractivity contribution in [1.29, 1.82) is 0 Å². The molecule has 0 unspecified atom stereocenters. The zero-order chi connectivity index (χ0) is 25.2. The van der Waals surface area contributed by atoms with Gasteiger partial charge >= 0.3 is 0 Å². The minimum absolute atomic E-state index is 0.146. The first-order valence-corrected chi connectivity index (χ1v) is 12.4. The van der Waals surface area contributed by atoms with E-state index in [2.05, 4.69) is 33.0 Å². The SMILES string of the molecule is O=C(c1ccc(N=Nc2ccc(-c3ccccc3)cc2)cc1Cl)N1Cc2cccn2Cc2ccccc21. The minimum atomic E-state index is -0.146. The first kappa shape index (κ1) is 23.0. The van der Waals surface area contributed by atoms with Crippen molar-refractivity contribution in [3.63, 3.8) is 0 Å². The lowest BCUT2D eigenvalue weighted by molar-refractivity contribution is 0.0985. The molecule has 5 nitrogen and oxygen atoms in total. The predicted octanol–water partition coefficient (Wildman–Crippen LogP) is 8.43. The van der Waals surface area contributed by atoms with E-state index in [0.29, 0.717) is 22.8 Å². The minimum Gasteiger partial charge on any atom is -0.345 e. The number of halogens is 1. The summed E-state index contributed by atoms with van der Waals surface area (Å²) in [7, 11) is 0. The molecule has 1 aliphatic rings. The molecule has 37 heavy (non-hydrogen) atoms. The Kier molecular flexibility index (Phi) is 6.13. The van der Waals surface area contributed by atoms with Crippen LogP contribution >= 0.6 is 11.6 Å². The van der Waals surface area contributed by atoms with Gasteiger partial charge in [-0.05, 0) is 65.2 Å². The number of anilines is 1. The van der Waals surface area contributed by atoms with Gasteiger partial charge in [0.05, 0.1) is 28.5 Å². The third-order valence-electron chi connectivity index (χ3n) is 6.55. The zero-order valence-electron chi connectivity index (χ0n) is 20.0. The van der Waals surface area contributed by atoms with Crippen molar-refractivity contribution in [2.45, 2.75) is 13.1 Å². The number of aromatic nitrogens is 1. The van der Waals surface area contributed by atoms with E-state index in [0.717, 1.165) is 40.3 Å². The first-order valence-electron chi connectivity index (χ1n) is 12.1. The summed E-state index contributed by atoms with van der Waals surface area (Å²) in [6, 6.07) is 35.3. The molecule has 0 radical (unpaired) electrons. The number of amides is 1. The molecule has 0 N–H and O–H groups in total. The molecule has 0 saturated carbocycles. The number of benzene rings is 4. The number of rotatable bonds is 4. The van der Waals surface area contributed by atoms with Crippen molar-refractivity contribution in [2.24, 2.45) is 10.2 Å². The average molecular weight is 503 g/mol. The summed E-state index contributed by atoms with van der Waals surface area (Å²) in [5.74, 6) is -0.146. The van der Waals surface area contributed by atoms with Crippen LogP contribution in [0.3, 0.4) is 0 Å². The Balaban J connectivity index is 1.23. The Morgan fingerprint density at radius 1 is 0.703 bits per heavy atom. The molecule has 0 spiro atoms. The summed E-state index contributed by atoms with van der Waals surface area (Å²) in [4.78, 5) is 15.5. The van der Waals surface area contributed by atoms with Crippen molar-refractivity contribution >= 4 is 34.6 Å². The van der Waals surface area contributed by atoms with Gasteiger partial charge in [0.15, 0.2) is 0 Å². The highest BCUT2D eigenvalue weighted by molar-refractivity contribution is 6.34. The molecule has 1 amide bonds. The number of hydrogen-bond donors (Lipinski definition) is 0. The maximum absolute atomic E-state index is 13.7. The Morgan fingerprint density at radius 2 is 1.41 bits per heavy atom. The van der Waals surface area contributed by atoms with Crippen LogP contribution in [0.15, 0.2) is 126 Å². The topological polar surface area (TPSA) is 50.0 Å².